The standard InChI is InChI=1S/C13H17NO2S.CH3NOS/c1-3-14(4-2)13(17)16-10-12(15)11-8-6-5-7-9-11;2-1(3)4/h5-9H,3-4,10H2,1-2H3;(H3,2,3,4). The van der Waals surface area contributed by atoms with E-state index >= 15 is 0 Å². The van der Waals surface area contributed by atoms with Gasteiger partial charge in [-0.25, -0.2) is 0 Å². The van der Waals surface area contributed by atoms with Crippen molar-refractivity contribution in [2.24, 2.45) is 5.73 Å². The fraction of sp³-hybridized carbons (Fsp3) is 0.357. The first kappa shape index (κ1) is 19.4. The van der Waals surface area contributed by atoms with E-state index in [1.54, 1.807) is 12.1 Å². The van der Waals surface area contributed by atoms with Crippen LogP contribution in [0.25, 0.3) is 0 Å². The molecule has 21 heavy (non-hydrogen) atoms. The molecule has 0 fully saturated rings. The van der Waals surface area contributed by atoms with Gasteiger partial charge in [0.25, 0.3) is 10.4 Å². The van der Waals surface area contributed by atoms with E-state index in [9.17, 15) is 4.79 Å². The molecule has 0 spiro atoms. The average molecular weight is 328 g/mol. The Balaban J connectivity index is 0.000000885. The number of ether oxygens (including phenoxy) is 1. The lowest BCUT2D eigenvalue weighted by Crippen LogP contribution is -2.32. The molecule has 1 aromatic rings. The summed E-state index contributed by atoms with van der Waals surface area (Å²) in [6.07, 6.45) is 0. The number of carbonyl (C=O) groups excluding carboxylic acids is 2. The number of carbonyl (C=O) groups is 2. The van der Waals surface area contributed by atoms with Crippen LogP contribution in [-0.2, 0) is 4.74 Å². The number of ketones is 1. The van der Waals surface area contributed by atoms with E-state index in [0.29, 0.717) is 10.7 Å². The van der Waals surface area contributed by atoms with Gasteiger partial charge in [0, 0.05) is 18.7 Å². The van der Waals surface area contributed by atoms with Crippen LogP contribution in [0, 0.1) is 0 Å². The lowest BCUT2D eigenvalue weighted by molar-refractivity contribution is 0.0900. The molecule has 0 aliphatic rings. The predicted molar refractivity (Wildman–Crippen MR) is 90.8 cm³/mol. The van der Waals surface area contributed by atoms with Crippen LogP contribution in [0.1, 0.15) is 24.2 Å². The third-order valence-corrected chi connectivity index (χ3v) is 2.82. The van der Waals surface area contributed by atoms with Crippen molar-refractivity contribution >= 4 is 41.0 Å². The Hall–Kier alpha value is -1.60. The monoisotopic (exact) mass is 328 g/mol. The second kappa shape index (κ2) is 11.1. The van der Waals surface area contributed by atoms with Gasteiger partial charge in [0.2, 0.25) is 0 Å². The van der Waals surface area contributed by atoms with Gasteiger partial charge < -0.3 is 15.4 Å². The smallest absolute Gasteiger partial charge is 0.273 e. The highest BCUT2D eigenvalue weighted by Crippen LogP contribution is 2.01. The van der Waals surface area contributed by atoms with Crippen LogP contribution < -0.4 is 5.73 Å². The third-order valence-electron chi connectivity index (χ3n) is 2.44. The summed E-state index contributed by atoms with van der Waals surface area (Å²) in [5.74, 6) is -0.0555. The quantitative estimate of drug-likeness (QED) is 0.494. The molecule has 1 rings (SSSR count). The molecule has 0 aliphatic carbocycles. The van der Waals surface area contributed by atoms with Crippen molar-refractivity contribution in [3.8, 4) is 0 Å². The minimum atomic E-state index is -0.639. The number of thiol groups is 1. The molecule has 0 heterocycles. The van der Waals surface area contributed by atoms with Crippen LogP contribution in [0.5, 0.6) is 0 Å². The Kier molecular flexibility index (Phi) is 10.3. The molecule has 2 N–H and O–H groups in total. The molecule has 0 radical (unpaired) electrons. The number of amides is 1. The van der Waals surface area contributed by atoms with Crippen molar-refractivity contribution in [2.75, 3.05) is 19.7 Å². The molecule has 116 valence electrons. The fourth-order valence-electron chi connectivity index (χ4n) is 1.41. The number of Topliss-reactive ketones (excluding diaryl/α,β-unsaturated/α-hetero) is 1. The minimum absolute atomic E-state index is 0.000648. The van der Waals surface area contributed by atoms with Crippen LogP contribution in [-0.4, -0.2) is 40.8 Å². The van der Waals surface area contributed by atoms with Gasteiger partial charge in [-0.15, -0.1) is 0 Å². The number of rotatable bonds is 5. The van der Waals surface area contributed by atoms with Gasteiger partial charge in [0.05, 0.1) is 0 Å². The maximum atomic E-state index is 11.7. The summed E-state index contributed by atoms with van der Waals surface area (Å²) in [7, 11) is 0. The summed E-state index contributed by atoms with van der Waals surface area (Å²) in [5.41, 5.74) is 4.98. The Morgan fingerprint density at radius 1 is 1.24 bits per heavy atom. The highest BCUT2D eigenvalue weighted by molar-refractivity contribution is 7.96. The first-order chi connectivity index (χ1) is 9.92. The molecule has 0 unspecified atom stereocenters. The Labute approximate surface area is 135 Å². The molecule has 0 atom stereocenters. The first-order valence-electron chi connectivity index (χ1n) is 6.40. The lowest BCUT2D eigenvalue weighted by Gasteiger charge is -2.20. The summed E-state index contributed by atoms with van der Waals surface area (Å²) in [6, 6.07) is 9.07. The number of thiocarbonyl (C=S) groups is 1. The third kappa shape index (κ3) is 9.04. The van der Waals surface area contributed by atoms with Crippen LogP contribution >= 0.6 is 24.8 Å². The maximum Gasteiger partial charge on any atom is 0.273 e. The molecular weight excluding hydrogens is 308 g/mol. The van der Waals surface area contributed by atoms with E-state index < -0.39 is 5.24 Å². The van der Waals surface area contributed by atoms with Gasteiger partial charge >= 0.3 is 0 Å². The molecule has 7 heteroatoms. The number of benzene rings is 1. The summed E-state index contributed by atoms with van der Waals surface area (Å²) >= 11 is 8.20. The van der Waals surface area contributed by atoms with E-state index in [0.717, 1.165) is 13.1 Å². The summed E-state index contributed by atoms with van der Waals surface area (Å²) in [6.45, 7) is 5.57. The molecular formula is C14H20N2O3S2. The number of nitrogens with two attached hydrogens (primary N) is 1. The number of primary amides is 1. The number of hydrogen-bond donors (Lipinski definition) is 2. The highest BCUT2D eigenvalue weighted by atomic mass is 32.1. The molecule has 0 aliphatic heterocycles. The van der Waals surface area contributed by atoms with Crippen molar-refractivity contribution in [3.63, 3.8) is 0 Å². The summed E-state index contributed by atoms with van der Waals surface area (Å²) < 4.78 is 5.31. The molecule has 0 saturated heterocycles. The topological polar surface area (TPSA) is 72.6 Å². The molecule has 0 bridgehead atoms. The van der Waals surface area contributed by atoms with E-state index in [2.05, 4.69) is 18.4 Å². The van der Waals surface area contributed by atoms with Gasteiger partial charge in [0.1, 0.15) is 0 Å². The van der Waals surface area contributed by atoms with Crippen LogP contribution in [0.4, 0.5) is 4.79 Å². The van der Waals surface area contributed by atoms with E-state index in [-0.39, 0.29) is 12.4 Å². The van der Waals surface area contributed by atoms with Crippen LogP contribution in [0.15, 0.2) is 30.3 Å². The van der Waals surface area contributed by atoms with E-state index in [1.165, 1.54) is 0 Å². The summed E-state index contributed by atoms with van der Waals surface area (Å²) in [4.78, 5) is 22.7. The normalized spacial score (nSPS) is 9.10. The van der Waals surface area contributed by atoms with Crippen molar-refractivity contribution in [2.45, 2.75) is 13.8 Å². The molecule has 5 nitrogen and oxygen atoms in total. The fourth-order valence-corrected chi connectivity index (χ4v) is 1.72. The first-order valence-corrected chi connectivity index (χ1v) is 7.26. The van der Waals surface area contributed by atoms with Gasteiger partial charge in [-0.1, -0.05) is 43.0 Å². The zero-order valence-electron chi connectivity index (χ0n) is 12.1. The average Bonchev–Trinajstić information content (AvgIpc) is 2.46. The van der Waals surface area contributed by atoms with Gasteiger partial charge in [0.15, 0.2) is 12.4 Å². The maximum absolute atomic E-state index is 11.7. The van der Waals surface area contributed by atoms with E-state index in [1.807, 2.05) is 36.9 Å². The zero-order chi connectivity index (χ0) is 16.3. The van der Waals surface area contributed by atoms with Crippen molar-refractivity contribution in [1.29, 1.82) is 0 Å². The van der Waals surface area contributed by atoms with Crippen LogP contribution in [0.3, 0.4) is 0 Å². The molecule has 0 saturated carbocycles. The molecule has 0 aromatic heterocycles. The van der Waals surface area contributed by atoms with Crippen molar-refractivity contribution in [3.05, 3.63) is 35.9 Å². The second-order valence-electron chi connectivity index (χ2n) is 3.85. The SMILES string of the molecule is CCN(CC)C(=S)OCC(=O)c1ccccc1.NC(=O)S. The molecule has 1 aromatic carbocycles. The van der Waals surface area contributed by atoms with Crippen LogP contribution in [0.2, 0.25) is 0 Å². The minimum Gasteiger partial charge on any atom is -0.463 e. The van der Waals surface area contributed by atoms with Gasteiger partial charge in [-0.05, 0) is 26.1 Å². The van der Waals surface area contributed by atoms with Crippen molar-refractivity contribution in [1.82, 2.24) is 4.90 Å². The Bertz CT molecular complexity index is 459. The van der Waals surface area contributed by atoms with Gasteiger partial charge in [-0.3, -0.25) is 9.59 Å². The van der Waals surface area contributed by atoms with Crippen molar-refractivity contribution < 1.29 is 14.3 Å². The number of hydrogen-bond acceptors (Lipinski definition) is 4. The predicted octanol–water partition coefficient (Wildman–Crippen LogP) is 2.51. The lowest BCUT2D eigenvalue weighted by atomic mass is 10.1. The number of nitrogens with zero attached hydrogens (tertiary/aromatic N) is 1. The Morgan fingerprint density at radius 3 is 2.14 bits per heavy atom. The van der Waals surface area contributed by atoms with Gasteiger partial charge in [-0.2, -0.15) is 0 Å². The van der Waals surface area contributed by atoms with E-state index in [4.69, 9.17) is 21.7 Å². The zero-order valence-corrected chi connectivity index (χ0v) is 13.8. The summed E-state index contributed by atoms with van der Waals surface area (Å²) in [5, 5.41) is -0.251. The largest absolute Gasteiger partial charge is 0.463 e. The highest BCUT2D eigenvalue weighted by Gasteiger charge is 2.10. The second-order valence-corrected chi connectivity index (χ2v) is 4.64. The Morgan fingerprint density at radius 2 is 1.71 bits per heavy atom. The molecule has 1 amide bonds.